The molecule has 0 N–H and O–H groups in total. The Balaban J connectivity index is 2.17. The van der Waals surface area contributed by atoms with Crippen molar-refractivity contribution in [1.82, 2.24) is 4.98 Å². The van der Waals surface area contributed by atoms with Crippen molar-refractivity contribution in [2.75, 3.05) is 0 Å². The van der Waals surface area contributed by atoms with E-state index < -0.39 is 0 Å². The molecule has 2 aromatic rings. The van der Waals surface area contributed by atoms with E-state index in [1.54, 1.807) is 24.0 Å². The highest BCUT2D eigenvalue weighted by atomic mass is 32.2. The van der Waals surface area contributed by atoms with E-state index in [4.69, 9.17) is 4.99 Å². The first kappa shape index (κ1) is 15.2. The Hall–Kier alpha value is -2.72. The van der Waals surface area contributed by atoms with Crippen molar-refractivity contribution in [2.24, 2.45) is 4.99 Å². The smallest absolute Gasteiger partial charge is 0.150 e. The molecular formula is C19H14N2OS. The number of hydrogen-bond acceptors (Lipinski definition) is 4. The van der Waals surface area contributed by atoms with Gasteiger partial charge in [0, 0.05) is 27.6 Å². The SMILES string of the molecule is C=C/C(C=O)=C\C1=CSc2ccccc2C(c2ccccn2)=N1. The molecule has 0 saturated carbocycles. The summed E-state index contributed by atoms with van der Waals surface area (Å²) in [6.07, 6.45) is 5.76. The average Bonchev–Trinajstić information content (AvgIpc) is 2.80. The monoisotopic (exact) mass is 318 g/mol. The van der Waals surface area contributed by atoms with Gasteiger partial charge in [-0.15, -0.1) is 0 Å². The largest absolute Gasteiger partial charge is 0.298 e. The predicted octanol–water partition coefficient (Wildman–Crippen LogP) is 4.18. The van der Waals surface area contributed by atoms with Crippen LogP contribution < -0.4 is 0 Å². The van der Waals surface area contributed by atoms with Crippen LogP contribution in [0.15, 0.2) is 94.0 Å². The van der Waals surface area contributed by atoms with Crippen molar-refractivity contribution >= 4 is 23.8 Å². The molecule has 0 atom stereocenters. The molecule has 0 radical (unpaired) electrons. The van der Waals surface area contributed by atoms with Gasteiger partial charge in [-0.1, -0.05) is 48.7 Å². The maximum atomic E-state index is 11.0. The Morgan fingerprint density at radius 3 is 2.70 bits per heavy atom. The fourth-order valence-corrected chi connectivity index (χ4v) is 3.00. The average molecular weight is 318 g/mol. The summed E-state index contributed by atoms with van der Waals surface area (Å²) in [5.74, 6) is 0. The molecule has 1 aliphatic heterocycles. The Kier molecular flexibility index (Phi) is 4.64. The highest BCUT2D eigenvalue weighted by molar-refractivity contribution is 8.02. The Bertz CT molecular complexity index is 825. The molecule has 2 heterocycles. The first-order valence-corrected chi connectivity index (χ1v) is 7.95. The lowest BCUT2D eigenvalue weighted by Crippen LogP contribution is -2.06. The molecule has 4 heteroatoms. The minimum atomic E-state index is 0.493. The highest BCUT2D eigenvalue weighted by Crippen LogP contribution is 2.31. The van der Waals surface area contributed by atoms with Gasteiger partial charge in [0.15, 0.2) is 0 Å². The van der Waals surface area contributed by atoms with Gasteiger partial charge in [-0.3, -0.25) is 9.78 Å². The van der Waals surface area contributed by atoms with Crippen LogP contribution in [0.1, 0.15) is 11.3 Å². The zero-order valence-electron chi connectivity index (χ0n) is 12.3. The van der Waals surface area contributed by atoms with Crippen molar-refractivity contribution in [3.63, 3.8) is 0 Å². The van der Waals surface area contributed by atoms with E-state index in [1.165, 1.54) is 6.08 Å². The van der Waals surface area contributed by atoms with E-state index in [-0.39, 0.29) is 0 Å². The molecule has 0 aliphatic carbocycles. The van der Waals surface area contributed by atoms with Gasteiger partial charge >= 0.3 is 0 Å². The number of rotatable bonds is 4. The van der Waals surface area contributed by atoms with Crippen LogP contribution in [0.5, 0.6) is 0 Å². The molecule has 1 aromatic carbocycles. The van der Waals surface area contributed by atoms with E-state index in [0.29, 0.717) is 11.3 Å². The fourth-order valence-electron chi connectivity index (χ4n) is 2.18. The minimum absolute atomic E-state index is 0.493. The number of carbonyl (C=O) groups excluding carboxylic acids is 1. The number of allylic oxidation sites excluding steroid dienone is 3. The van der Waals surface area contributed by atoms with Crippen LogP contribution in [0.25, 0.3) is 0 Å². The molecule has 1 aromatic heterocycles. The van der Waals surface area contributed by atoms with Gasteiger partial charge in [0.2, 0.25) is 0 Å². The molecule has 3 nitrogen and oxygen atoms in total. The van der Waals surface area contributed by atoms with Gasteiger partial charge < -0.3 is 0 Å². The number of aliphatic imine (C=N–C) groups is 1. The normalized spacial score (nSPS) is 14.2. The van der Waals surface area contributed by atoms with Crippen molar-refractivity contribution in [3.8, 4) is 0 Å². The Morgan fingerprint density at radius 2 is 1.96 bits per heavy atom. The molecule has 0 fully saturated rings. The molecule has 3 rings (SSSR count). The lowest BCUT2D eigenvalue weighted by molar-refractivity contribution is -0.104. The summed E-state index contributed by atoms with van der Waals surface area (Å²) in [4.78, 5) is 21.3. The lowest BCUT2D eigenvalue weighted by atomic mass is 10.1. The number of thioether (sulfide) groups is 1. The molecule has 112 valence electrons. The van der Waals surface area contributed by atoms with Crippen molar-refractivity contribution in [1.29, 1.82) is 0 Å². The van der Waals surface area contributed by atoms with E-state index >= 15 is 0 Å². The topological polar surface area (TPSA) is 42.3 Å². The molecule has 0 saturated heterocycles. The number of fused-ring (bicyclic) bond motifs is 1. The molecule has 0 amide bonds. The fraction of sp³-hybridized carbons (Fsp3) is 0. The van der Waals surface area contributed by atoms with Crippen LogP contribution in [0.3, 0.4) is 0 Å². The lowest BCUT2D eigenvalue weighted by Gasteiger charge is -2.08. The molecule has 0 unspecified atom stereocenters. The number of hydrogen-bond donors (Lipinski definition) is 0. The predicted molar refractivity (Wildman–Crippen MR) is 94.6 cm³/mol. The molecule has 0 bridgehead atoms. The van der Waals surface area contributed by atoms with Crippen LogP contribution in [-0.4, -0.2) is 17.0 Å². The van der Waals surface area contributed by atoms with Crippen LogP contribution in [0.4, 0.5) is 0 Å². The summed E-state index contributed by atoms with van der Waals surface area (Å²) in [6, 6.07) is 13.8. The second-order valence-electron chi connectivity index (χ2n) is 4.80. The summed E-state index contributed by atoms with van der Waals surface area (Å²) >= 11 is 1.58. The standard InChI is InChI=1S/C19H14N2OS/c1-2-14(12-22)11-15-13-23-18-9-4-3-7-16(18)19(21-15)17-8-5-6-10-20-17/h2-13H,1H2/b14-11+. The van der Waals surface area contributed by atoms with Crippen molar-refractivity contribution < 1.29 is 4.79 Å². The second-order valence-corrected chi connectivity index (χ2v) is 5.71. The van der Waals surface area contributed by atoms with Crippen molar-refractivity contribution in [3.05, 3.63) is 95.3 Å². The number of aromatic nitrogens is 1. The van der Waals surface area contributed by atoms with Crippen molar-refractivity contribution in [2.45, 2.75) is 4.90 Å². The van der Waals surface area contributed by atoms with E-state index in [2.05, 4.69) is 17.6 Å². The second kappa shape index (κ2) is 7.03. The molecule has 0 spiro atoms. The van der Waals surface area contributed by atoms with Crippen LogP contribution >= 0.6 is 11.8 Å². The summed E-state index contributed by atoms with van der Waals surface area (Å²) in [5, 5.41) is 1.93. The third-order valence-corrected chi connectivity index (χ3v) is 4.25. The highest BCUT2D eigenvalue weighted by Gasteiger charge is 2.16. The van der Waals surface area contributed by atoms with Gasteiger partial charge in [0.1, 0.15) is 6.29 Å². The Labute approximate surface area is 139 Å². The number of carbonyl (C=O) groups is 1. The van der Waals surface area contributed by atoms with Gasteiger partial charge in [-0.05, 0) is 24.3 Å². The maximum Gasteiger partial charge on any atom is 0.150 e. The number of benzene rings is 1. The summed E-state index contributed by atoms with van der Waals surface area (Å²) < 4.78 is 0. The third kappa shape index (κ3) is 3.38. The quantitative estimate of drug-likeness (QED) is 0.482. The Morgan fingerprint density at radius 1 is 1.13 bits per heavy atom. The minimum Gasteiger partial charge on any atom is -0.298 e. The molecule has 23 heavy (non-hydrogen) atoms. The van der Waals surface area contributed by atoms with Crippen LogP contribution in [-0.2, 0) is 4.79 Å². The zero-order chi connectivity index (χ0) is 16.1. The first-order valence-electron chi connectivity index (χ1n) is 7.07. The number of nitrogens with zero attached hydrogens (tertiary/aromatic N) is 2. The first-order chi connectivity index (χ1) is 11.3. The molecular weight excluding hydrogens is 304 g/mol. The van der Waals surface area contributed by atoms with Gasteiger partial charge in [-0.25, -0.2) is 4.99 Å². The van der Waals surface area contributed by atoms with Gasteiger partial charge in [0.25, 0.3) is 0 Å². The maximum absolute atomic E-state index is 11.0. The zero-order valence-corrected chi connectivity index (χ0v) is 13.2. The van der Waals surface area contributed by atoms with Gasteiger partial charge in [-0.2, -0.15) is 0 Å². The summed E-state index contributed by atoms with van der Waals surface area (Å²) in [6.45, 7) is 3.64. The van der Waals surface area contributed by atoms with E-state index in [1.807, 2.05) is 41.8 Å². The number of pyridine rings is 1. The summed E-state index contributed by atoms with van der Waals surface area (Å²) in [5.41, 5.74) is 3.82. The summed E-state index contributed by atoms with van der Waals surface area (Å²) in [7, 11) is 0. The third-order valence-electron chi connectivity index (χ3n) is 3.28. The van der Waals surface area contributed by atoms with Crippen LogP contribution in [0.2, 0.25) is 0 Å². The number of aldehydes is 1. The van der Waals surface area contributed by atoms with Gasteiger partial charge in [0.05, 0.1) is 17.1 Å². The van der Waals surface area contributed by atoms with E-state index in [9.17, 15) is 4.79 Å². The molecule has 1 aliphatic rings. The van der Waals surface area contributed by atoms with E-state index in [0.717, 1.165) is 28.2 Å². The van der Waals surface area contributed by atoms with Crippen LogP contribution in [0, 0.1) is 0 Å².